The first-order valence-electron chi connectivity index (χ1n) is 8.50. The average Bonchev–Trinajstić information content (AvgIpc) is 2.97. The highest BCUT2D eigenvalue weighted by atomic mass is 16.5. The van der Waals surface area contributed by atoms with Gasteiger partial charge in [0.2, 0.25) is 0 Å². The Balaban J connectivity index is 1.75. The van der Waals surface area contributed by atoms with E-state index in [4.69, 9.17) is 4.74 Å². The summed E-state index contributed by atoms with van der Waals surface area (Å²) in [6, 6.07) is 0.232. The van der Waals surface area contributed by atoms with Gasteiger partial charge >= 0.3 is 0 Å². The molecule has 2 aliphatic heterocycles. The Morgan fingerprint density at radius 2 is 2.00 bits per heavy atom. The molecule has 0 bridgehead atoms. The fraction of sp³-hybridized carbons (Fsp3) is 0.824. The fourth-order valence-corrected chi connectivity index (χ4v) is 4.25. The molecule has 2 fully saturated rings. The van der Waals surface area contributed by atoms with E-state index in [9.17, 15) is 9.90 Å². The Morgan fingerprint density at radius 1 is 1.19 bits per heavy atom. The Labute approximate surface area is 127 Å². The van der Waals surface area contributed by atoms with Crippen LogP contribution in [0.2, 0.25) is 0 Å². The summed E-state index contributed by atoms with van der Waals surface area (Å²) in [7, 11) is 0. The lowest BCUT2D eigenvalue weighted by atomic mass is 9.80. The Bertz CT molecular complexity index is 432. The van der Waals surface area contributed by atoms with Crippen LogP contribution in [-0.4, -0.2) is 41.2 Å². The predicted octanol–water partition coefficient (Wildman–Crippen LogP) is 2.61. The maximum atomic E-state index is 12.9. The summed E-state index contributed by atoms with van der Waals surface area (Å²) in [5.74, 6) is 1.24. The molecule has 0 spiro atoms. The van der Waals surface area contributed by atoms with E-state index in [1.165, 1.54) is 6.42 Å². The lowest BCUT2D eigenvalue weighted by Gasteiger charge is -2.38. The molecule has 1 aliphatic carbocycles. The average molecular weight is 293 g/mol. The summed E-state index contributed by atoms with van der Waals surface area (Å²) >= 11 is 0. The summed E-state index contributed by atoms with van der Waals surface area (Å²) in [4.78, 5) is 14.9. The molecule has 4 heteroatoms. The van der Waals surface area contributed by atoms with Crippen LogP contribution in [0.15, 0.2) is 11.3 Å². The zero-order chi connectivity index (χ0) is 14.8. The Hall–Kier alpha value is -1.03. The molecule has 3 rings (SSSR count). The zero-order valence-electron chi connectivity index (χ0n) is 13.0. The third-order valence-corrected chi connectivity index (χ3v) is 5.41. The van der Waals surface area contributed by atoms with Gasteiger partial charge < -0.3 is 14.7 Å². The first kappa shape index (κ1) is 14.9. The van der Waals surface area contributed by atoms with E-state index in [1.807, 2.05) is 11.8 Å². The van der Waals surface area contributed by atoms with Gasteiger partial charge in [-0.2, -0.15) is 0 Å². The van der Waals surface area contributed by atoms with Crippen LogP contribution in [-0.2, 0) is 9.53 Å². The van der Waals surface area contributed by atoms with Crippen LogP contribution >= 0.6 is 0 Å². The van der Waals surface area contributed by atoms with Crippen molar-refractivity contribution >= 4 is 5.91 Å². The standard InChI is InChI=1S/C17H27NO3/c1-12-13(7-5-11-21-12)17(20)18-10-4-8-15(18)14-6-2-3-9-16(14)19/h14-16,19H,2-11H2,1H3/t14-,15+,16-/m0/s1. The fourth-order valence-electron chi connectivity index (χ4n) is 4.25. The molecular weight excluding hydrogens is 266 g/mol. The van der Waals surface area contributed by atoms with Crippen LogP contribution in [0.3, 0.4) is 0 Å². The lowest BCUT2D eigenvalue weighted by Crippen LogP contribution is -2.46. The minimum Gasteiger partial charge on any atom is -0.498 e. The molecule has 0 radical (unpaired) electrons. The number of carbonyl (C=O) groups is 1. The molecule has 1 amide bonds. The van der Waals surface area contributed by atoms with E-state index >= 15 is 0 Å². The number of rotatable bonds is 2. The van der Waals surface area contributed by atoms with E-state index < -0.39 is 0 Å². The van der Waals surface area contributed by atoms with Gasteiger partial charge in [-0.25, -0.2) is 0 Å². The molecule has 4 nitrogen and oxygen atoms in total. The summed E-state index contributed by atoms with van der Waals surface area (Å²) in [5, 5.41) is 10.3. The number of carbonyl (C=O) groups excluding carboxylic acids is 1. The normalized spacial score (nSPS) is 34.0. The van der Waals surface area contributed by atoms with Crippen molar-refractivity contribution in [1.29, 1.82) is 0 Å². The number of amides is 1. The van der Waals surface area contributed by atoms with Gasteiger partial charge in [0.25, 0.3) is 5.91 Å². The molecule has 2 heterocycles. The van der Waals surface area contributed by atoms with Gasteiger partial charge in [0.1, 0.15) is 5.76 Å². The SMILES string of the molecule is CC1=C(C(=O)N2CCC[C@@H]2[C@@H]2CCCC[C@@H]2O)CCCO1. The zero-order valence-corrected chi connectivity index (χ0v) is 13.0. The van der Waals surface area contributed by atoms with Gasteiger partial charge in [-0.1, -0.05) is 12.8 Å². The molecular formula is C17H27NO3. The van der Waals surface area contributed by atoms with E-state index in [1.54, 1.807) is 0 Å². The van der Waals surface area contributed by atoms with Gasteiger partial charge in [-0.3, -0.25) is 4.79 Å². The van der Waals surface area contributed by atoms with Crippen molar-refractivity contribution in [2.75, 3.05) is 13.2 Å². The number of aliphatic hydroxyl groups excluding tert-OH is 1. The second-order valence-corrected chi connectivity index (χ2v) is 6.71. The van der Waals surface area contributed by atoms with E-state index in [0.717, 1.165) is 69.4 Å². The highest BCUT2D eigenvalue weighted by Crippen LogP contribution is 2.36. The summed E-state index contributed by atoms with van der Waals surface area (Å²) in [5.41, 5.74) is 0.860. The van der Waals surface area contributed by atoms with Crippen LogP contribution in [0.25, 0.3) is 0 Å². The molecule has 1 saturated carbocycles. The minimum atomic E-state index is -0.227. The smallest absolute Gasteiger partial charge is 0.253 e. The van der Waals surface area contributed by atoms with Crippen molar-refractivity contribution in [3.8, 4) is 0 Å². The molecule has 118 valence electrons. The summed E-state index contributed by atoms with van der Waals surface area (Å²) in [6.45, 7) is 3.48. The summed E-state index contributed by atoms with van der Waals surface area (Å²) < 4.78 is 5.56. The second kappa shape index (κ2) is 6.39. The highest BCUT2D eigenvalue weighted by molar-refractivity contribution is 5.94. The number of hydrogen-bond donors (Lipinski definition) is 1. The molecule has 1 N–H and O–H groups in total. The predicted molar refractivity (Wildman–Crippen MR) is 80.6 cm³/mol. The van der Waals surface area contributed by atoms with E-state index in [-0.39, 0.29) is 24.0 Å². The number of hydrogen-bond acceptors (Lipinski definition) is 3. The third-order valence-electron chi connectivity index (χ3n) is 5.41. The first-order valence-corrected chi connectivity index (χ1v) is 8.50. The summed E-state index contributed by atoms with van der Waals surface area (Å²) in [6.07, 6.45) is 7.91. The second-order valence-electron chi connectivity index (χ2n) is 6.71. The maximum Gasteiger partial charge on any atom is 0.253 e. The lowest BCUT2D eigenvalue weighted by molar-refractivity contribution is -0.130. The van der Waals surface area contributed by atoms with Gasteiger partial charge in [-0.05, 0) is 45.4 Å². The molecule has 3 aliphatic rings. The largest absolute Gasteiger partial charge is 0.498 e. The van der Waals surface area contributed by atoms with Gasteiger partial charge in [0.05, 0.1) is 18.3 Å². The van der Waals surface area contributed by atoms with Crippen LogP contribution in [0, 0.1) is 5.92 Å². The van der Waals surface area contributed by atoms with Crippen molar-refractivity contribution < 1.29 is 14.6 Å². The molecule has 0 aromatic rings. The van der Waals surface area contributed by atoms with Gasteiger partial charge in [0.15, 0.2) is 0 Å². The van der Waals surface area contributed by atoms with Crippen LogP contribution in [0.1, 0.15) is 58.3 Å². The molecule has 1 saturated heterocycles. The van der Waals surface area contributed by atoms with Crippen molar-refractivity contribution in [2.24, 2.45) is 5.92 Å². The van der Waals surface area contributed by atoms with E-state index in [2.05, 4.69) is 0 Å². The number of allylic oxidation sites excluding steroid dienone is 1. The first-order chi connectivity index (χ1) is 10.2. The number of nitrogens with zero attached hydrogens (tertiary/aromatic N) is 1. The van der Waals surface area contributed by atoms with Crippen LogP contribution in [0.4, 0.5) is 0 Å². The minimum absolute atomic E-state index is 0.160. The quantitative estimate of drug-likeness (QED) is 0.851. The van der Waals surface area contributed by atoms with Crippen LogP contribution in [0.5, 0.6) is 0 Å². The topological polar surface area (TPSA) is 49.8 Å². The van der Waals surface area contributed by atoms with Crippen molar-refractivity contribution in [1.82, 2.24) is 4.90 Å². The molecule has 0 aromatic carbocycles. The van der Waals surface area contributed by atoms with Crippen molar-refractivity contribution in [3.05, 3.63) is 11.3 Å². The van der Waals surface area contributed by atoms with Crippen molar-refractivity contribution in [3.63, 3.8) is 0 Å². The van der Waals surface area contributed by atoms with Crippen LogP contribution < -0.4 is 0 Å². The third kappa shape index (κ3) is 2.96. The maximum absolute atomic E-state index is 12.9. The Morgan fingerprint density at radius 3 is 2.76 bits per heavy atom. The van der Waals surface area contributed by atoms with Crippen molar-refractivity contribution in [2.45, 2.75) is 70.4 Å². The highest BCUT2D eigenvalue weighted by Gasteiger charge is 2.40. The molecule has 0 unspecified atom stereocenters. The monoisotopic (exact) mass is 293 g/mol. The number of likely N-dealkylation sites (tertiary alicyclic amines) is 1. The molecule has 21 heavy (non-hydrogen) atoms. The molecule has 0 aromatic heterocycles. The Kier molecular flexibility index (Phi) is 4.53. The van der Waals surface area contributed by atoms with E-state index in [0.29, 0.717) is 0 Å². The number of ether oxygens (including phenoxy) is 1. The number of aliphatic hydroxyl groups is 1. The van der Waals surface area contributed by atoms with Gasteiger partial charge in [0, 0.05) is 18.5 Å². The molecule has 3 atom stereocenters. The van der Waals surface area contributed by atoms with Gasteiger partial charge in [-0.15, -0.1) is 0 Å².